The summed E-state index contributed by atoms with van der Waals surface area (Å²) in [6.07, 6.45) is 3.02. The van der Waals surface area contributed by atoms with E-state index in [0.29, 0.717) is 0 Å². The fraction of sp³-hybridized carbons (Fsp3) is 0.480. The van der Waals surface area contributed by atoms with Crippen molar-refractivity contribution < 1.29 is 9.53 Å². The van der Waals surface area contributed by atoms with E-state index in [-0.39, 0.29) is 24.0 Å². The van der Waals surface area contributed by atoms with Gasteiger partial charge in [0.15, 0.2) is 0 Å². The molecule has 1 fully saturated rings. The molecule has 3 heteroatoms. The maximum absolute atomic E-state index is 12.9. The minimum atomic E-state index is -0.445. The van der Waals surface area contributed by atoms with Crippen molar-refractivity contribution in [3.8, 4) is 0 Å². The number of carbonyl (C=O) groups is 1. The lowest BCUT2D eigenvalue weighted by Gasteiger charge is -2.38. The zero-order valence-corrected chi connectivity index (χ0v) is 17.6. The molecule has 0 spiro atoms. The van der Waals surface area contributed by atoms with Gasteiger partial charge in [-0.3, -0.25) is 9.69 Å². The van der Waals surface area contributed by atoms with Crippen LogP contribution in [0.1, 0.15) is 64.1 Å². The number of ether oxygens (including phenoxy) is 1. The Balaban J connectivity index is 1.87. The standard InChI is InChI=1S/C25H33NO2/c1-19(21-14-9-6-10-15-21)26(18-20-12-7-5-8-13-20)23-17-11-16-22(23)24(27)28-25(2,3)4/h5-10,12-15,19,22-23H,11,16-18H2,1-4H3/t19-,22-,23+/m0/s1. The average Bonchev–Trinajstić information content (AvgIpc) is 3.15. The molecule has 3 nitrogen and oxygen atoms in total. The monoisotopic (exact) mass is 379 g/mol. The summed E-state index contributed by atoms with van der Waals surface area (Å²) in [5, 5.41) is 0. The summed E-state index contributed by atoms with van der Waals surface area (Å²) in [5.41, 5.74) is 2.12. The van der Waals surface area contributed by atoms with E-state index >= 15 is 0 Å². The highest BCUT2D eigenvalue weighted by Crippen LogP contribution is 2.37. The van der Waals surface area contributed by atoms with Crippen LogP contribution in [0.5, 0.6) is 0 Å². The van der Waals surface area contributed by atoms with Crippen molar-refractivity contribution >= 4 is 5.97 Å². The van der Waals surface area contributed by atoms with Crippen molar-refractivity contribution in [3.05, 3.63) is 71.8 Å². The van der Waals surface area contributed by atoms with Gasteiger partial charge in [-0.1, -0.05) is 67.1 Å². The molecule has 0 unspecified atom stereocenters. The first-order chi connectivity index (χ1) is 13.3. The van der Waals surface area contributed by atoms with Crippen LogP contribution in [0.15, 0.2) is 60.7 Å². The lowest BCUT2D eigenvalue weighted by molar-refractivity contribution is -0.162. The SMILES string of the molecule is C[C@@H](c1ccccc1)N(Cc1ccccc1)[C@@H]1CCC[C@@H]1C(=O)OC(C)(C)C. The van der Waals surface area contributed by atoms with Gasteiger partial charge in [0, 0.05) is 18.6 Å². The highest BCUT2D eigenvalue weighted by molar-refractivity contribution is 5.74. The van der Waals surface area contributed by atoms with E-state index in [1.54, 1.807) is 0 Å². The van der Waals surface area contributed by atoms with E-state index in [9.17, 15) is 4.79 Å². The van der Waals surface area contributed by atoms with E-state index < -0.39 is 5.60 Å². The smallest absolute Gasteiger partial charge is 0.311 e. The molecule has 2 aromatic rings. The van der Waals surface area contributed by atoms with E-state index in [1.807, 2.05) is 26.8 Å². The topological polar surface area (TPSA) is 29.5 Å². The van der Waals surface area contributed by atoms with Gasteiger partial charge in [-0.25, -0.2) is 0 Å². The highest BCUT2D eigenvalue weighted by Gasteiger charge is 2.40. The molecule has 0 amide bonds. The predicted molar refractivity (Wildman–Crippen MR) is 114 cm³/mol. The third kappa shape index (κ3) is 5.23. The van der Waals surface area contributed by atoms with Gasteiger partial charge >= 0.3 is 5.97 Å². The van der Waals surface area contributed by atoms with Gasteiger partial charge in [0.25, 0.3) is 0 Å². The molecule has 1 aliphatic carbocycles. The number of esters is 1. The van der Waals surface area contributed by atoms with E-state index in [0.717, 1.165) is 25.8 Å². The fourth-order valence-corrected chi connectivity index (χ4v) is 4.25. The summed E-state index contributed by atoms with van der Waals surface area (Å²) < 4.78 is 5.77. The minimum absolute atomic E-state index is 0.0478. The molecule has 150 valence electrons. The molecule has 0 heterocycles. The summed E-state index contributed by atoms with van der Waals surface area (Å²) in [5.74, 6) is -0.109. The normalized spacial score (nSPS) is 20.9. The maximum Gasteiger partial charge on any atom is 0.311 e. The molecule has 3 atom stereocenters. The zero-order valence-electron chi connectivity index (χ0n) is 17.6. The zero-order chi connectivity index (χ0) is 20.1. The Labute approximate surface area is 169 Å². The lowest BCUT2D eigenvalue weighted by Crippen LogP contribution is -2.43. The number of hydrogen-bond donors (Lipinski definition) is 0. The number of nitrogens with zero attached hydrogens (tertiary/aromatic N) is 1. The third-order valence-corrected chi connectivity index (χ3v) is 5.60. The Hall–Kier alpha value is -2.13. The summed E-state index contributed by atoms with van der Waals surface area (Å²) in [7, 11) is 0. The highest BCUT2D eigenvalue weighted by atomic mass is 16.6. The lowest BCUT2D eigenvalue weighted by atomic mass is 9.96. The van der Waals surface area contributed by atoms with Crippen LogP contribution >= 0.6 is 0 Å². The molecule has 0 N–H and O–H groups in total. The summed E-state index contributed by atoms with van der Waals surface area (Å²) in [6.45, 7) is 8.93. The Bertz CT molecular complexity index is 751. The van der Waals surface area contributed by atoms with E-state index in [2.05, 4.69) is 66.4 Å². The second-order valence-electron chi connectivity index (χ2n) is 8.88. The Kier molecular flexibility index (Phi) is 6.56. The summed E-state index contributed by atoms with van der Waals surface area (Å²) in [6, 6.07) is 21.6. The van der Waals surface area contributed by atoms with Crippen molar-refractivity contribution in [2.75, 3.05) is 0 Å². The molecule has 1 saturated carbocycles. The van der Waals surface area contributed by atoms with Gasteiger partial charge in [0.2, 0.25) is 0 Å². The van der Waals surface area contributed by atoms with Gasteiger partial charge in [-0.05, 0) is 51.7 Å². The molecule has 0 radical (unpaired) electrons. The first-order valence-corrected chi connectivity index (χ1v) is 10.4. The van der Waals surface area contributed by atoms with Gasteiger partial charge < -0.3 is 4.74 Å². The van der Waals surface area contributed by atoms with Crippen LogP contribution in [0.3, 0.4) is 0 Å². The molecular formula is C25H33NO2. The minimum Gasteiger partial charge on any atom is -0.460 e. The molecular weight excluding hydrogens is 346 g/mol. The largest absolute Gasteiger partial charge is 0.460 e. The van der Waals surface area contributed by atoms with Gasteiger partial charge in [-0.15, -0.1) is 0 Å². The Morgan fingerprint density at radius 2 is 1.64 bits per heavy atom. The molecule has 0 bridgehead atoms. The fourth-order valence-electron chi connectivity index (χ4n) is 4.25. The van der Waals surface area contributed by atoms with Crippen molar-refractivity contribution in [2.45, 2.75) is 71.2 Å². The van der Waals surface area contributed by atoms with E-state index in [1.165, 1.54) is 11.1 Å². The third-order valence-electron chi connectivity index (χ3n) is 5.60. The first kappa shape index (κ1) is 20.6. The summed E-state index contributed by atoms with van der Waals surface area (Å²) >= 11 is 0. The van der Waals surface area contributed by atoms with Crippen LogP contribution in [0.4, 0.5) is 0 Å². The van der Waals surface area contributed by atoms with Crippen LogP contribution < -0.4 is 0 Å². The van der Waals surface area contributed by atoms with Gasteiger partial charge in [0.1, 0.15) is 5.60 Å². The molecule has 2 aromatic carbocycles. The van der Waals surface area contributed by atoms with Crippen molar-refractivity contribution in [1.82, 2.24) is 4.90 Å². The molecule has 0 aliphatic heterocycles. The average molecular weight is 380 g/mol. The molecule has 3 rings (SSSR count). The van der Waals surface area contributed by atoms with Crippen molar-refractivity contribution in [2.24, 2.45) is 5.92 Å². The predicted octanol–water partition coefficient (Wildman–Crippen LogP) is 5.76. The number of carbonyl (C=O) groups excluding carboxylic acids is 1. The van der Waals surface area contributed by atoms with Crippen LogP contribution in [0.25, 0.3) is 0 Å². The van der Waals surface area contributed by atoms with Crippen LogP contribution in [0, 0.1) is 5.92 Å². The van der Waals surface area contributed by atoms with Crippen molar-refractivity contribution in [3.63, 3.8) is 0 Å². The van der Waals surface area contributed by atoms with E-state index in [4.69, 9.17) is 4.74 Å². The van der Waals surface area contributed by atoms with Crippen LogP contribution in [-0.2, 0) is 16.1 Å². The molecule has 1 aliphatic rings. The Morgan fingerprint density at radius 3 is 2.25 bits per heavy atom. The Morgan fingerprint density at radius 1 is 1.04 bits per heavy atom. The number of benzene rings is 2. The van der Waals surface area contributed by atoms with Crippen molar-refractivity contribution in [1.29, 1.82) is 0 Å². The maximum atomic E-state index is 12.9. The molecule has 0 saturated heterocycles. The van der Waals surface area contributed by atoms with Crippen LogP contribution in [0.2, 0.25) is 0 Å². The quantitative estimate of drug-likeness (QED) is 0.598. The second kappa shape index (κ2) is 8.91. The van der Waals surface area contributed by atoms with Gasteiger partial charge in [-0.2, -0.15) is 0 Å². The first-order valence-electron chi connectivity index (χ1n) is 10.4. The molecule has 0 aromatic heterocycles. The summed E-state index contributed by atoms with van der Waals surface area (Å²) in [4.78, 5) is 15.4. The van der Waals surface area contributed by atoms with Crippen LogP contribution in [-0.4, -0.2) is 22.5 Å². The number of rotatable bonds is 6. The number of hydrogen-bond acceptors (Lipinski definition) is 3. The van der Waals surface area contributed by atoms with Gasteiger partial charge in [0.05, 0.1) is 5.92 Å². The molecule has 28 heavy (non-hydrogen) atoms. The second-order valence-corrected chi connectivity index (χ2v) is 8.88.